The average molecular weight is 295 g/mol. The highest BCUT2D eigenvalue weighted by Crippen LogP contribution is 2.02. The predicted octanol–water partition coefficient (Wildman–Crippen LogP) is -1.11. The maximum Gasteiger partial charge on any atom is 0.240 e. The molecule has 3 amide bonds. The highest BCUT2D eigenvalue weighted by atomic mass is 35.5. The number of nitrogens with one attached hydrogen (secondary N) is 2. The molecule has 0 heterocycles. The van der Waals surface area contributed by atoms with E-state index in [9.17, 15) is 14.4 Å². The lowest BCUT2D eigenvalue weighted by molar-refractivity contribution is -0.128. The van der Waals surface area contributed by atoms with E-state index in [1.165, 1.54) is 6.92 Å². The van der Waals surface area contributed by atoms with Gasteiger partial charge in [0.15, 0.2) is 0 Å². The molecule has 7 nitrogen and oxygen atoms in total. The average Bonchev–Trinajstić information content (AvgIpc) is 2.24. The van der Waals surface area contributed by atoms with Crippen LogP contribution in [0.4, 0.5) is 0 Å². The van der Waals surface area contributed by atoms with Crippen LogP contribution in [0.5, 0.6) is 0 Å². The van der Waals surface area contributed by atoms with Gasteiger partial charge in [0.25, 0.3) is 0 Å². The number of amides is 3. The summed E-state index contributed by atoms with van der Waals surface area (Å²) in [5.41, 5.74) is 10.6. The second kappa shape index (κ2) is 9.57. The van der Waals surface area contributed by atoms with Crippen LogP contribution in [0.15, 0.2) is 0 Å². The molecule has 0 aromatic rings. The molecule has 0 aliphatic carbocycles. The Morgan fingerprint density at radius 1 is 1.16 bits per heavy atom. The number of halogens is 1. The second-order valence-electron chi connectivity index (χ2n) is 4.65. The summed E-state index contributed by atoms with van der Waals surface area (Å²) >= 11 is 0. The van der Waals surface area contributed by atoms with Gasteiger partial charge in [0.05, 0.1) is 12.6 Å². The van der Waals surface area contributed by atoms with Crippen molar-refractivity contribution in [3.63, 3.8) is 0 Å². The third-order valence-electron chi connectivity index (χ3n) is 2.29. The molecule has 6 N–H and O–H groups in total. The summed E-state index contributed by atoms with van der Waals surface area (Å²) in [6.07, 6.45) is 0.547. The molecule has 0 aliphatic rings. The van der Waals surface area contributed by atoms with Crippen molar-refractivity contribution in [3.8, 4) is 0 Å². The molecule has 0 aromatic carbocycles. The molecule has 2 atom stereocenters. The molecule has 2 unspecified atom stereocenters. The minimum absolute atomic E-state index is 0. The highest BCUT2D eigenvalue weighted by Gasteiger charge is 2.17. The van der Waals surface area contributed by atoms with Gasteiger partial charge < -0.3 is 22.1 Å². The third kappa shape index (κ3) is 9.26. The van der Waals surface area contributed by atoms with Gasteiger partial charge in [-0.25, -0.2) is 0 Å². The quantitative estimate of drug-likeness (QED) is 0.474. The Hall–Kier alpha value is -1.34. The molecule has 0 bridgehead atoms. The number of nitrogens with two attached hydrogens (primary N) is 2. The van der Waals surface area contributed by atoms with Gasteiger partial charge in [-0.3, -0.25) is 14.4 Å². The van der Waals surface area contributed by atoms with Gasteiger partial charge in [-0.2, -0.15) is 0 Å². The monoisotopic (exact) mass is 294 g/mol. The normalized spacial score (nSPS) is 13.1. The van der Waals surface area contributed by atoms with Gasteiger partial charge >= 0.3 is 0 Å². The first-order valence-corrected chi connectivity index (χ1v) is 5.86. The summed E-state index contributed by atoms with van der Waals surface area (Å²) in [5, 5.41) is 4.75. The lowest BCUT2D eigenvalue weighted by Crippen LogP contribution is -2.49. The van der Waals surface area contributed by atoms with Crippen molar-refractivity contribution >= 4 is 30.1 Å². The topological polar surface area (TPSA) is 127 Å². The Kier molecular flexibility index (Phi) is 10.1. The zero-order valence-electron chi connectivity index (χ0n) is 11.4. The van der Waals surface area contributed by atoms with Gasteiger partial charge in [0.1, 0.15) is 6.04 Å². The Bertz CT molecular complexity index is 323. The van der Waals surface area contributed by atoms with Crippen molar-refractivity contribution < 1.29 is 14.4 Å². The lowest BCUT2D eigenvalue weighted by atomic mass is 10.0. The van der Waals surface area contributed by atoms with Crippen LogP contribution in [-0.2, 0) is 14.4 Å². The largest absolute Gasteiger partial charge is 0.368 e. The van der Waals surface area contributed by atoms with Crippen LogP contribution in [0.2, 0.25) is 0 Å². The summed E-state index contributed by atoms with van der Waals surface area (Å²) < 4.78 is 0. The summed E-state index contributed by atoms with van der Waals surface area (Å²) in [4.78, 5) is 33.5. The summed E-state index contributed by atoms with van der Waals surface area (Å²) in [6.45, 7) is 5.15. The lowest BCUT2D eigenvalue weighted by Gasteiger charge is -2.15. The van der Waals surface area contributed by atoms with Crippen LogP contribution in [0.3, 0.4) is 0 Å². The first-order chi connectivity index (χ1) is 8.23. The Balaban J connectivity index is 0. The van der Waals surface area contributed by atoms with Crippen molar-refractivity contribution in [2.75, 3.05) is 6.54 Å². The summed E-state index contributed by atoms with van der Waals surface area (Å²) in [7, 11) is 0. The smallest absolute Gasteiger partial charge is 0.240 e. The Morgan fingerprint density at radius 3 is 2.11 bits per heavy atom. The van der Waals surface area contributed by atoms with Gasteiger partial charge in [-0.05, 0) is 19.3 Å². The second-order valence-corrected chi connectivity index (χ2v) is 4.65. The molecule has 0 radical (unpaired) electrons. The van der Waals surface area contributed by atoms with Crippen molar-refractivity contribution in [1.29, 1.82) is 0 Å². The first kappa shape index (κ1) is 20.0. The molecule has 8 heteroatoms. The molecule has 19 heavy (non-hydrogen) atoms. The molecule has 0 saturated carbocycles. The summed E-state index contributed by atoms with van der Waals surface area (Å²) in [5.74, 6) is -1.20. The molecule has 0 spiro atoms. The number of carbonyl (C=O) groups excluding carboxylic acids is 3. The number of primary amides is 1. The molecular formula is C11H23ClN4O3. The third-order valence-corrected chi connectivity index (χ3v) is 2.29. The van der Waals surface area contributed by atoms with Crippen LogP contribution in [-0.4, -0.2) is 36.3 Å². The Labute approximate surface area is 119 Å². The first-order valence-electron chi connectivity index (χ1n) is 5.86. The number of hydrogen-bond acceptors (Lipinski definition) is 4. The SMILES string of the molecule is CC(C)CC(N)C(=O)NCC(=O)NC(C)C(N)=O.Cl. The van der Waals surface area contributed by atoms with Gasteiger partial charge in [-0.15, -0.1) is 12.4 Å². The van der Waals surface area contributed by atoms with E-state index in [0.717, 1.165) is 0 Å². The van der Waals surface area contributed by atoms with E-state index in [2.05, 4.69) is 10.6 Å². The zero-order valence-corrected chi connectivity index (χ0v) is 12.3. The molecule has 0 rings (SSSR count). The van der Waals surface area contributed by atoms with Crippen LogP contribution in [0.1, 0.15) is 27.2 Å². The van der Waals surface area contributed by atoms with Crippen molar-refractivity contribution in [1.82, 2.24) is 10.6 Å². The van der Waals surface area contributed by atoms with Crippen molar-refractivity contribution in [2.45, 2.75) is 39.3 Å². The summed E-state index contributed by atoms with van der Waals surface area (Å²) in [6, 6.07) is -1.40. The maximum atomic E-state index is 11.5. The van der Waals surface area contributed by atoms with E-state index < -0.39 is 23.9 Å². The fourth-order valence-corrected chi connectivity index (χ4v) is 1.28. The fraction of sp³-hybridized carbons (Fsp3) is 0.727. The molecule has 112 valence electrons. The van der Waals surface area contributed by atoms with Gasteiger partial charge in [0.2, 0.25) is 17.7 Å². The minimum Gasteiger partial charge on any atom is -0.368 e. The van der Waals surface area contributed by atoms with E-state index >= 15 is 0 Å². The van der Waals surface area contributed by atoms with Gasteiger partial charge in [0, 0.05) is 0 Å². The van der Waals surface area contributed by atoms with E-state index in [4.69, 9.17) is 11.5 Å². The van der Waals surface area contributed by atoms with Crippen LogP contribution < -0.4 is 22.1 Å². The molecule has 0 aliphatic heterocycles. The van der Waals surface area contributed by atoms with Gasteiger partial charge in [-0.1, -0.05) is 13.8 Å². The Morgan fingerprint density at radius 2 is 1.68 bits per heavy atom. The molecule has 0 aromatic heterocycles. The fourth-order valence-electron chi connectivity index (χ4n) is 1.28. The minimum atomic E-state index is -0.765. The standard InChI is InChI=1S/C11H22N4O3.ClH/c1-6(2)4-8(12)11(18)14-5-9(16)15-7(3)10(13)17;/h6-8H,4-5,12H2,1-3H3,(H2,13,17)(H,14,18)(H,15,16);1H. The number of hydrogen-bond donors (Lipinski definition) is 4. The highest BCUT2D eigenvalue weighted by molar-refractivity contribution is 5.90. The predicted molar refractivity (Wildman–Crippen MR) is 74.5 cm³/mol. The van der Waals surface area contributed by atoms with E-state index in [1.54, 1.807) is 0 Å². The van der Waals surface area contributed by atoms with Crippen LogP contribution in [0.25, 0.3) is 0 Å². The number of carbonyl (C=O) groups is 3. The zero-order chi connectivity index (χ0) is 14.3. The molecule has 0 saturated heterocycles. The van der Waals surface area contributed by atoms with Crippen molar-refractivity contribution in [2.24, 2.45) is 17.4 Å². The van der Waals surface area contributed by atoms with Crippen molar-refractivity contribution in [3.05, 3.63) is 0 Å². The van der Waals surface area contributed by atoms with E-state index in [1.807, 2.05) is 13.8 Å². The molecule has 0 fully saturated rings. The van der Waals surface area contributed by atoms with E-state index in [-0.39, 0.29) is 24.9 Å². The maximum absolute atomic E-state index is 11.5. The van der Waals surface area contributed by atoms with Crippen LogP contribution >= 0.6 is 12.4 Å². The van der Waals surface area contributed by atoms with Crippen LogP contribution in [0, 0.1) is 5.92 Å². The van der Waals surface area contributed by atoms with E-state index in [0.29, 0.717) is 12.3 Å². The number of rotatable bonds is 7. The molecular weight excluding hydrogens is 272 g/mol.